The van der Waals surface area contributed by atoms with E-state index in [2.05, 4.69) is 52.9 Å². The molecule has 0 saturated carbocycles. The highest BCUT2D eigenvalue weighted by molar-refractivity contribution is 6.31. The minimum atomic E-state index is -0.675. The second kappa shape index (κ2) is 10.2. The molecule has 5 heteroatoms. The quantitative estimate of drug-likeness (QED) is 0.469. The van der Waals surface area contributed by atoms with E-state index in [0.717, 1.165) is 55.7 Å². The number of aromatic amines is 1. The molecule has 0 saturated heterocycles. The summed E-state index contributed by atoms with van der Waals surface area (Å²) in [6, 6.07) is 14.5. The van der Waals surface area contributed by atoms with Crippen molar-refractivity contribution in [2.45, 2.75) is 38.5 Å². The Bertz CT molecular complexity index is 1060. The Morgan fingerprint density at radius 3 is 2.58 bits per heavy atom. The Balaban J connectivity index is 0.000000150. The molecule has 1 aromatic heterocycles. The number of aliphatic carboxylic acids is 1. The topological polar surface area (TPSA) is 65.1 Å². The number of carboxylic acids is 1. The van der Waals surface area contributed by atoms with E-state index in [4.69, 9.17) is 16.7 Å². The molecule has 0 atom stereocenters. The van der Waals surface area contributed by atoms with E-state index in [9.17, 15) is 4.79 Å². The third kappa shape index (κ3) is 5.57. The normalized spacial score (nSPS) is 15.8. The van der Waals surface area contributed by atoms with Gasteiger partial charge < -0.3 is 15.4 Å². The summed E-state index contributed by atoms with van der Waals surface area (Å²) in [5, 5.41) is 13.9. The smallest absolute Gasteiger partial charge is 0.303 e. The van der Waals surface area contributed by atoms with Gasteiger partial charge in [0.05, 0.1) is 0 Å². The predicted molar refractivity (Wildman–Crippen MR) is 128 cm³/mol. The van der Waals surface area contributed by atoms with Crippen LogP contribution in [0.4, 0.5) is 0 Å². The van der Waals surface area contributed by atoms with E-state index in [0.29, 0.717) is 12.3 Å². The van der Waals surface area contributed by atoms with Crippen molar-refractivity contribution in [3.8, 4) is 0 Å². The standard InChI is InChI=1S/C13H13ClN2.C13H16O2/c14-10-1-2-11-12(8-16-13(11)7-10)9-3-5-15-6-4-9;14-13(15)7-3-4-10-8-11-5-1-2-6-12(11)9-10/h1-3,7-8,15-16H,4-6H2;1-2,5-6,10H,3-4,7-9H2,(H,14,15). The largest absolute Gasteiger partial charge is 0.481 e. The number of hydrogen-bond acceptors (Lipinski definition) is 2. The first-order valence-electron chi connectivity index (χ1n) is 11.1. The van der Waals surface area contributed by atoms with E-state index in [1.165, 1.54) is 27.6 Å². The first-order chi connectivity index (χ1) is 15.1. The molecule has 0 spiro atoms. The van der Waals surface area contributed by atoms with Crippen molar-refractivity contribution in [2.75, 3.05) is 13.1 Å². The number of nitrogens with one attached hydrogen (secondary N) is 2. The lowest BCUT2D eigenvalue weighted by atomic mass is 9.99. The van der Waals surface area contributed by atoms with Gasteiger partial charge in [0, 0.05) is 40.7 Å². The third-order valence-electron chi connectivity index (χ3n) is 6.19. The van der Waals surface area contributed by atoms with Crippen LogP contribution in [-0.2, 0) is 17.6 Å². The van der Waals surface area contributed by atoms with Crippen LogP contribution in [0.1, 0.15) is 42.4 Å². The number of benzene rings is 2. The molecular formula is C26H29ClN2O2. The first kappa shape index (κ1) is 21.7. The zero-order valence-corrected chi connectivity index (χ0v) is 18.4. The summed E-state index contributed by atoms with van der Waals surface area (Å²) in [6.45, 7) is 2.03. The van der Waals surface area contributed by atoms with E-state index < -0.39 is 5.97 Å². The fourth-order valence-electron chi connectivity index (χ4n) is 4.63. The first-order valence-corrected chi connectivity index (χ1v) is 11.4. The molecule has 2 aromatic carbocycles. The van der Waals surface area contributed by atoms with Crippen molar-refractivity contribution in [2.24, 2.45) is 5.92 Å². The molecule has 0 fully saturated rings. The lowest BCUT2D eigenvalue weighted by Gasteiger charge is -2.13. The average molecular weight is 437 g/mol. The Morgan fingerprint density at radius 1 is 1.13 bits per heavy atom. The lowest BCUT2D eigenvalue weighted by molar-refractivity contribution is -0.137. The summed E-state index contributed by atoms with van der Waals surface area (Å²) in [5.74, 6) is -0.00717. The Hall–Kier alpha value is -2.56. The molecule has 5 rings (SSSR count). The molecule has 3 N–H and O–H groups in total. The highest BCUT2D eigenvalue weighted by Gasteiger charge is 2.20. The van der Waals surface area contributed by atoms with Gasteiger partial charge in [0.15, 0.2) is 0 Å². The van der Waals surface area contributed by atoms with E-state index in [1.807, 2.05) is 12.1 Å². The number of fused-ring (bicyclic) bond motifs is 2. The minimum absolute atomic E-state index is 0.312. The monoisotopic (exact) mass is 436 g/mol. The fraction of sp³-hybridized carbons (Fsp3) is 0.346. The van der Waals surface area contributed by atoms with Gasteiger partial charge in [-0.2, -0.15) is 0 Å². The molecule has 162 valence electrons. The van der Waals surface area contributed by atoms with Crippen LogP contribution in [0.5, 0.6) is 0 Å². The number of hydrogen-bond donors (Lipinski definition) is 3. The van der Waals surface area contributed by atoms with Crippen LogP contribution in [0.2, 0.25) is 5.02 Å². The summed E-state index contributed by atoms with van der Waals surface area (Å²) in [5.41, 5.74) is 6.76. The molecule has 2 heterocycles. The molecular weight excluding hydrogens is 408 g/mol. The highest BCUT2D eigenvalue weighted by atomic mass is 35.5. The molecule has 1 aliphatic carbocycles. The van der Waals surface area contributed by atoms with Crippen molar-refractivity contribution in [1.82, 2.24) is 10.3 Å². The van der Waals surface area contributed by atoms with Gasteiger partial charge in [-0.3, -0.25) is 4.79 Å². The van der Waals surface area contributed by atoms with Gasteiger partial charge in [-0.25, -0.2) is 0 Å². The van der Waals surface area contributed by atoms with Gasteiger partial charge in [-0.05, 0) is 73.4 Å². The zero-order valence-electron chi connectivity index (χ0n) is 17.7. The van der Waals surface area contributed by atoms with Crippen molar-refractivity contribution < 1.29 is 9.90 Å². The highest BCUT2D eigenvalue weighted by Crippen LogP contribution is 2.30. The molecule has 2 aliphatic rings. The summed E-state index contributed by atoms with van der Waals surface area (Å²) in [4.78, 5) is 13.7. The van der Waals surface area contributed by atoms with Gasteiger partial charge in [0.1, 0.15) is 0 Å². The molecule has 0 radical (unpaired) electrons. The van der Waals surface area contributed by atoms with Crippen LogP contribution in [0.3, 0.4) is 0 Å². The van der Waals surface area contributed by atoms with Crippen LogP contribution >= 0.6 is 11.6 Å². The van der Waals surface area contributed by atoms with Gasteiger partial charge in [-0.1, -0.05) is 48.0 Å². The maximum Gasteiger partial charge on any atom is 0.303 e. The maximum absolute atomic E-state index is 10.4. The summed E-state index contributed by atoms with van der Waals surface area (Å²) in [6.07, 6.45) is 9.88. The minimum Gasteiger partial charge on any atom is -0.481 e. The number of rotatable bonds is 5. The van der Waals surface area contributed by atoms with Crippen LogP contribution in [0.15, 0.2) is 54.7 Å². The zero-order chi connectivity index (χ0) is 21.6. The summed E-state index contributed by atoms with van der Waals surface area (Å²) < 4.78 is 0. The lowest BCUT2D eigenvalue weighted by Crippen LogP contribution is -2.19. The fourth-order valence-corrected chi connectivity index (χ4v) is 4.80. The van der Waals surface area contributed by atoms with Crippen molar-refractivity contribution in [1.29, 1.82) is 0 Å². The molecule has 31 heavy (non-hydrogen) atoms. The second-order valence-corrected chi connectivity index (χ2v) is 8.84. The number of aromatic nitrogens is 1. The average Bonchev–Trinajstić information content (AvgIpc) is 3.38. The van der Waals surface area contributed by atoms with Crippen molar-refractivity contribution in [3.63, 3.8) is 0 Å². The number of carbonyl (C=O) groups is 1. The summed E-state index contributed by atoms with van der Waals surface area (Å²) in [7, 11) is 0. The Labute approximate surface area is 188 Å². The van der Waals surface area contributed by atoms with Crippen LogP contribution in [0, 0.1) is 5.92 Å². The van der Waals surface area contributed by atoms with Gasteiger partial charge in [-0.15, -0.1) is 0 Å². The van der Waals surface area contributed by atoms with Gasteiger partial charge >= 0.3 is 5.97 Å². The third-order valence-corrected chi connectivity index (χ3v) is 6.43. The SMILES string of the molecule is Clc1ccc2c(C3=CCNCC3)c[nH]c2c1.O=C(O)CCCC1Cc2ccccc2C1. The van der Waals surface area contributed by atoms with Crippen LogP contribution < -0.4 is 5.32 Å². The van der Waals surface area contributed by atoms with Crippen LogP contribution in [-0.4, -0.2) is 29.1 Å². The van der Waals surface area contributed by atoms with Crippen molar-refractivity contribution >= 4 is 34.0 Å². The van der Waals surface area contributed by atoms with E-state index in [1.54, 1.807) is 0 Å². The van der Waals surface area contributed by atoms with Crippen LogP contribution in [0.25, 0.3) is 16.5 Å². The molecule has 0 amide bonds. The van der Waals surface area contributed by atoms with Crippen molar-refractivity contribution in [3.05, 3.63) is 76.5 Å². The summed E-state index contributed by atoms with van der Waals surface area (Å²) >= 11 is 5.97. The number of halogens is 1. The van der Waals surface area contributed by atoms with Gasteiger partial charge in [0.25, 0.3) is 0 Å². The van der Waals surface area contributed by atoms with E-state index in [-0.39, 0.29) is 0 Å². The second-order valence-electron chi connectivity index (χ2n) is 8.40. The molecule has 1 aliphatic heterocycles. The molecule has 0 bridgehead atoms. The number of H-pyrrole nitrogens is 1. The van der Waals surface area contributed by atoms with Gasteiger partial charge in [0.2, 0.25) is 0 Å². The molecule has 3 aromatic rings. The van der Waals surface area contributed by atoms with E-state index >= 15 is 0 Å². The number of carboxylic acid groups (broad SMARTS) is 1. The predicted octanol–water partition coefficient (Wildman–Crippen LogP) is 5.85. The Morgan fingerprint density at radius 2 is 1.90 bits per heavy atom. The molecule has 4 nitrogen and oxygen atoms in total. The molecule has 0 unspecified atom stereocenters. The Kier molecular flexibility index (Phi) is 7.10. The maximum atomic E-state index is 10.4.